The van der Waals surface area contributed by atoms with E-state index in [0.717, 1.165) is 27.7 Å². The van der Waals surface area contributed by atoms with Crippen LogP contribution in [0.4, 0.5) is 0 Å². The smallest absolute Gasteiger partial charge is 0.315 e. The summed E-state index contributed by atoms with van der Waals surface area (Å²) in [6.07, 6.45) is 3.75. The fourth-order valence-electron chi connectivity index (χ4n) is 2.88. The van der Waals surface area contributed by atoms with E-state index in [9.17, 15) is 9.35 Å². The molecule has 0 bridgehead atoms. The summed E-state index contributed by atoms with van der Waals surface area (Å²) in [6.45, 7) is 13.5. The van der Waals surface area contributed by atoms with Crippen LogP contribution in [0.25, 0.3) is 17.0 Å². The number of aromatic nitrogens is 1. The van der Waals surface area contributed by atoms with Gasteiger partial charge in [0.25, 0.3) is 0 Å². The van der Waals surface area contributed by atoms with Crippen molar-refractivity contribution in [2.45, 2.75) is 59.3 Å². The number of aryl methyl sites for hydroxylation is 1. The number of fused-ring (bicyclic) bond motifs is 1. The van der Waals surface area contributed by atoms with Crippen molar-refractivity contribution in [2.24, 2.45) is 5.41 Å². The maximum absolute atomic E-state index is 12.5. The minimum Gasteiger partial charge on any atom is -0.598 e. The SMILES string of the molecule is COC(=O)C(C)(C)/C=C/c1ccc2cc(C)c([C@@H](C)N[S@+]([O-])C(C)(C)C)nc2c1. The van der Waals surface area contributed by atoms with E-state index in [2.05, 4.69) is 10.8 Å². The van der Waals surface area contributed by atoms with Crippen LogP contribution in [-0.2, 0) is 20.9 Å². The van der Waals surface area contributed by atoms with Gasteiger partial charge in [-0.15, -0.1) is 4.72 Å². The molecule has 0 amide bonds. The van der Waals surface area contributed by atoms with Crippen LogP contribution in [0.15, 0.2) is 30.3 Å². The molecule has 0 unspecified atom stereocenters. The molecule has 0 aliphatic rings. The van der Waals surface area contributed by atoms with E-state index in [1.807, 2.05) is 78.8 Å². The van der Waals surface area contributed by atoms with Gasteiger partial charge in [0.05, 0.1) is 29.8 Å². The van der Waals surface area contributed by atoms with Gasteiger partial charge in [-0.1, -0.05) is 24.3 Å². The summed E-state index contributed by atoms with van der Waals surface area (Å²) in [5.74, 6) is -0.280. The first-order valence-electron chi connectivity index (χ1n) is 9.72. The second kappa shape index (κ2) is 8.86. The molecule has 0 aliphatic heterocycles. The third-order valence-electron chi connectivity index (χ3n) is 4.73. The Bertz CT molecular complexity index is 916. The van der Waals surface area contributed by atoms with Crippen molar-refractivity contribution in [3.05, 3.63) is 47.2 Å². The van der Waals surface area contributed by atoms with Crippen LogP contribution in [0.3, 0.4) is 0 Å². The molecule has 2 aromatic rings. The molecule has 0 saturated carbocycles. The maximum Gasteiger partial charge on any atom is 0.315 e. The van der Waals surface area contributed by atoms with E-state index >= 15 is 0 Å². The molecule has 5 nitrogen and oxygen atoms in total. The number of hydrogen-bond donors (Lipinski definition) is 1. The Balaban J connectivity index is 2.35. The zero-order valence-electron chi connectivity index (χ0n) is 18.6. The Hall–Kier alpha value is -1.89. The number of nitrogens with zero attached hydrogens (tertiary/aromatic N) is 1. The number of methoxy groups -OCH3 is 1. The highest BCUT2D eigenvalue weighted by Crippen LogP contribution is 2.26. The molecule has 0 spiro atoms. The summed E-state index contributed by atoms with van der Waals surface area (Å²) < 4.78 is 20.1. The number of benzene rings is 1. The minimum absolute atomic E-state index is 0.142. The highest BCUT2D eigenvalue weighted by Gasteiger charge is 2.29. The normalized spacial score (nSPS) is 14.9. The minimum atomic E-state index is -1.18. The van der Waals surface area contributed by atoms with E-state index in [1.165, 1.54) is 7.11 Å². The monoisotopic (exact) mass is 416 g/mol. The summed E-state index contributed by atoms with van der Waals surface area (Å²) >= 11 is -1.18. The van der Waals surface area contributed by atoms with Crippen molar-refractivity contribution < 1.29 is 14.1 Å². The molecule has 2 rings (SSSR count). The maximum atomic E-state index is 12.5. The van der Waals surface area contributed by atoms with Crippen LogP contribution in [0.2, 0.25) is 0 Å². The molecule has 2 atom stereocenters. The van der Waals surface area contributed by atoms with Gasteiger partial charge >= 0.3 is 5.97 Å². The fraction of sp³-hybridized carbons (Fsp3) is 0.478. The van der Waals surface area contributed by atoms with Crippen LogP contribution in [0.1, 0.15) is 64.4 Å². The first-order valence-corrected chi connectivity index (χ1v) is 10.9. The lowest BCUT2D eigenvalue weighted by Gasteiger charge is -2.26. The molecule has 0 fully saturated rings. The van der Waals surface area contributed by atoms with Gasteiger partial charge in [-0.05, 0) is 71.7 Å². The number of nitrogens with one attached hydrogen (secondary N) is 1. The van der Waals surface area contributed by atoms with Crippen molar-refractivity contribution in [1.82, 2.24) is 9.71 Å². The third kappa shape index (κ3) is 5.81. The topological polar surface area (TPSA) is 74.3 Å². The lowest BCUT2D eigenvalue weighted by atomic mass is 9.92. The number of rotatable bonds is 6. The van der Waals surface area contributed by atoms with E-state index in [0.29, 0.717) is 0 Å². The van der Waals surface area contributed by atoms with Gasteiger partial charge < -0.3 is 9.29 Å². The number of ether oxygens (including phenoxy) is 1. The van der Waals surface area contributed by atoms with Gasteiger partial charge in [-0.25, -0.2) is 0 Å². The van der Waals surface area contributed by atoms with Crippen LogP contribution in [0.5, 0.6) is 0 Å². The lowest BCUT2D eigenvalue weighted by molar-refractivity contribution is -0.148. The molecule has 1 aromatic carbocycles. The molecule has 1 N–H and O–H groups in total. The molecule has 29 heavy (non-hydrogen) atoms. The van der Waals surface area contributed by atoms with Crippen molar-refractivity contribution in [2.75, 3.05) is 7.11 Å². The quantitative estimate of drug-likeness (QED) is 0.537. The number of carbonyl (C=O) groups is 1. The van der Waals surface area contributed by atoms with Gasteiger partial charge in [0.1, 0.15) is 4.75 Å². The van der Waals surface area contributed by atoms with Crippen LogP contribution in [0, 0.1) is 12.3 Å². The summed E-state index contributed by atoms with van der Waals surface area (Å²) in [5, 5.41) is 1.04. The number of carbonyl (C=O) groups excluding carboxylic acids is 1. The van der Waals surface area contributed by atoms with Gasteiger partial charge in [0.2, 0.25) is 0 Å². The molecular weight excluding hydrogens is 384 g/mol. The molecule has 0 radical (unpaired) electrons. The second-order valence-electron chi connectivity index (χ2n) is 8.91. The van der Waals surface area contributed by atoms with E-state index in [4.69, 9.17) is 9.72 Å². The Morgan fingerprint density at radius 2 is 1.90 bits per heavy atom. The van der Waals surface area contributed by atoms with E-state index in [-0.39, 0.29) is 16.8 Å². The number of hydrogen-bond acceptors (Lipinski definition) is 5. The van der Waals surface area contributed by atoms with E-state index in [1.54, 1.807) is 0 Å². The summed E-state index contributed by atoms with van der Waals surface area (Å²) in [5.41, 5.74) is 3.05. The summed E-state index contributed by atoms with van der Waals surface area (Å²) in [7, 11) is 1.39. The summed E-state index contributed by atoms with van der Waals surface area (Å²) in [6, 6.07) is 7.98. The Morgan fingerprint density at radius 1 is 1.24 bits per heavy atom. The standard InChI is InChI=1S/C23H32N2O3S/c1-15-13-18-10-9-17(11-12-23(6,7)21(26)28-8)14-19(18)24-20(15)16(2)25-29(27)22(3,4)5/h9-14,16,25H,1-8H3/b12-11+/t16-,29-/m1/s1. The highest BCUT2D eigenvalue weighted by atomic mass is 32.2. The van der Waals surface area contributed by atoms with Gasteiger partial charge in [-0.2, -0.15) is 0 Å². The second-order valence-corrected chi connectivity index (χ2v) is 10.9. The van der Waals surface area contributed by atoms with Crippen molar-refractivity contribution in [3.8, 4) is 0 Å². The highest BCUT2D eigenvalue weighted by molar-refractivity contribution is 7.90. The zero-order chi connectivity index (χ0) is 22.0. The molecule has 1 aromatic heterocycles. The third-order valence-corrected chi connectivity index (χ3v) is 6.41. The average molecular weight is 417 g/mol. The molecule has 158 valence electrons. The Labute approximate surface area is 177 Å². The summed E-state index contributed by atoms with van der Waals surface area (Å²) in [4.78, 5) is 16.7. The first kappa shape index (κ1) is 23.4. The number of pyridine rings is 1. The van der Waals surface area contributed by atoms with Gasteiger partial charge in [0.15, 0.2) is 0 Å². The zero-order valence-corrected chi connectivity index (χ0v) is 19.4. The molecule has 6 heteroatoms. The van der Waals surface area contributed by atoms with E-state index < -0.39 is 16.8 Å². The van der Waals surface area contributed by atoms with Crippen molar-refractivity contribution >= 4 is 34.3 Å². The Kier molecular flexibility index (Phi) is 7.14. The predicted molar refractivity (Wildman–Crippen MR) is 121 cm³/mol. The van der Waals surface area contributed by atoms with Crippen molar-refractivity contribution in [3.63, 3.8) is 0 Å². The van der Waals surface area contributed by atoms with Crippen LogP contribution < -0.4 is 4.72 Å². The first-order chi connectivity index (χ1) is 13.3. The van der Waals surface area contributed by atoms with Gasteiger partial charge in [-0.3, -0.25) is 9.78 Å². The fourth-order valence-corrected chi connectivity index (χ4v) is 3.66. The van der Waals surface area contributed by atoms with Crippen LogP contribution in [-0.4, -0.2) is 27.4 Å². The lowest BCUT2D eigenvalue weighted by Crippen LogP contribution is -2.40. The number of esters is 1. The van der Waals surface area contributed by atoms with Crippen LogP contribution >= 0.6 is 0 Å². The van der Waals surface area contributed by atoms with Crippen molar-refractivity contribution in [1.29, 1.82) is 0 Å². The molecule has 1 heterocycles. The molecule has 0 saturated heterocycles. The largest absolute Gasteiger partial charge is 0.598 e. The molecule has 0 aliphatic carbocycles. The predicted octanol–water partition coefficient (Wildman–Crippen LogP) is 4.87. The molecular formula is C23H32N2O3S. The Morgan fingerprint density at radius 3 is 2.48 bits per heavy atom. The average Bonchev–Trinajstić information content (AvgIpc) is 2.64. The van der Waals surface area contributed by atoms with Gasteiger partial charge in [0, 0.05) is 16.7 Å².